The van der Waals surface area contributed by atoms with E-state index < -0.39 is 6.10 Å². The zero-order valence-corrected chi connectivity index (χ0v) is 12.1. The Balaban J connectivity index is 1.87. The second-order valence-corrected chi connectivity index (χ2v) is 5.68. The third-order valence-corrected chi connectivity index (χ3v) is 3.55. The Hall–Kier alpha value is -1.71. The van der Waals surface area contributed by atoms with Crippen molar-refractivity contribution in [2.45, 2.75) is 25.4 Å². The second-order valence-electron chi connectivity index (χ2n) is 5.68. The van der Waals surface area contributed by atoms with E-state index in [1.807, 2.05) is 18.2 Å². The number of pyridine rings is 1. The lowest BCUT2D eigenvalue weighted by Gasteiger charge is -2.26. The fraction of sp³-hybridized carbons (Fsp3) is 0.353. The molecule has 1 heterocycles. The molecule has 20 heavy (non-hydrogen) atoms. The lowest BCUT2D eigenvalue weighted by Crippen LogP contribution is -2.35. The lowest BCUT2D eigenvalue weighted by molar-refractivity contribution is 0.172. The van der Waals surface area contributed by atoms with Crippen molar-refractivity contribution in [3.05, 3.63) is 66.0 Å². The minimum Gasteiger partial charge on any atom is -0.387 e. The minimum atomic E-state index is -0.496. The van der Waals surface area contributed by atoms with Crippen LogP contribution in [0.5, 0.6) is 0 Å². The average molecular weight is 270 g/mol. The van der Waals surface area contributed by atoms with E-state index in [0.29, 0.717) is 6.54 Å². The summed E-state index contributed by atoms with van der Waals surface area (Å²) in [4.78, 5) is 3.96. The third-order valence-electron chi connectivity index (χ3n) is 3.55. The smallest absolute Gasteiger partial charge is 0.0915 e. The van der Waals surface area contributed by atoms with Crippen LogP contribution in [0, 0.1) is 0 Å². The van der Waals surface area contributed by atoms with Crippen molar-refractivity contribution in [2.75, 3.05) is 13.1 Å². The number of aliphatic hydroxyl groups excluding tert-OH is 1. The van der Waals surface area contributed by atoms with E-state index in [0.717, 1.165) is 12.1 Å². The Morgan fingerprint density at radius 3 is 2.40 bits per heavy atom. The Bertz CT molecular complexity index is 511. The quantitative estimate of drug-likeness (QED) is 0.848. The van der Waals surface area contributed by atoms with E-state index in [4.69, 9.17) is 0 Å². The Morgan fingerprint density at radius 1 is 1.10 bits per heavy atom. The first-order valence-electron chi connectivity index (χ1n) is 6.94. The third kappa shape index (κ3) is 3.89. The highest BCUT2D eigenvalue weighted by atomic mass is 16.3. The highest BCUT2D eigenvalue weighted by Gasteiger charge is 2.20. The highest BCUT2D eigenvalue weighted by molar-refractivity contribution is 5.24. The Kier molecular flexibility index (Phi) is 4.88. The van der Waals surface area contributed by atoms with Gasteiger partial charge in [-0.3, -0.25) is 4.98 Å². The number of benzene rings is 1. The van der Waals surface area contributed by atoms with Gasteiger partial charge < -0.3 is 10.4 Å². The number of hydrogen-bond donors (Lipinski definition) is 2. The molecule has 2 N–H and O–H groups in total. The molecule has 2 aromatic rings. The van der Waals surface area contributed by atoms with Crippen LogP contribution < -0.4 is 5.32 Å². The zero-order chi connectivity index (χ0) is 14.4. The second kappa shape index (κ2) is 6.64. The molecule has 1 atom stereocenters. The summed E-state index contributed by atoms with van der Waals surface area (Å²) in [7, 11) is 0. The molecule has 0 saturated heterocycles. The summed E-state index contributed by atoms with van der Waals surface area (Å²) >= 11 is 0. The topological polar surface area (TPSA) is 45.1 Å². The maximum Gasteiger partial charge on any atom is 0.0915 e. The molecule has 1 aromatic carbocycles. The van der Waals surface area contributed by atoms with E-state index >= 15 is 0 Å². The molecule has 1 aromatic heterocycles. The first-order chi connectivity index (χ1) is 9.59. The number of aromatic nitrogens is 1. The van der Waals surface area contributed by atoms with Crippen LogP contribution in [0.3, 0.4) is 0 Å². The summed E-state index contributed by atoms with van der Waals surface area (Å²) in [6, 6.07) is 14.1. The molecule has 3 heteroatoms. The molecule has 0 aliphatic carbocycles. The fourth-order valence-corrected chi connectivity index (χ4v) is 2.22. The Labute approximate surface area is 120 Å². The van der Waals surface area contributed by atoms with Gasteiger partial charge in [0.25, 0.3) is 0 Å². The van der Waals surface area contributed by atoms with E-state index in [-0.39, 0.29) is 5.41 Å². The van der Waals surface area contributed by atoms with Gasteiger partial charge in [-0.2, -0.15) is 0 Å². The summed E-state index contributed by atoms with van der Waals surface area (Å²) in [5.41, 5.74) is 2.23. The van der Waals surface area contributed by atoms with Crippen LogP contribution in [0.25, 0.3) is 0 Å². The van der Waals surface area contributed by atoms with Crippen LogP contribution in [0.1, 0.15) is 31.1 Å². The van der Waals surface area contributed by atoms with Gasteiger partial charge in [0.2, 0.25) is 0 Å². The van der Waals surface area contributed by atoms with Gasteiger partial charge in [-0.25, -0.2) is 0 Å². The predicted octanol–water partition coefficient (Wildman–Crippen LogP) is 2.68. The lowest BCUT2D eigenvalue weighted by atomic mass is 9.84. The van der Waals surface area contributed by atoms with E-state index in [1.165, 1.54) is 5.56 Å². The molecular weight excluding hydrogens is 248 g/mol. The molecule has 0 saturated carbocycles. The van der Waals surface area contributed by atoms with Crippen LogP contribution in [-0.2, 0) is 5.41 Å². The largest absolute Gasteiger partial charge is 0.387 e. The first kappa shape index (κ1) is 14.7. The normalized spacial score (nSPS) is 13.2. The number of nitrogens with one attached hydrogen (secondary N) is 1. The van der Waals surface area contributed by atoms with Gasteiger partial charge in [0.1, 0.15) is 0 Å². The summed E-state index contributed by atoms with van der Waals surface area (Å²) < 4.78 is 0. The molecule has 0 amide bonds. The fourth-order valence-electron chi connectivity index (χ4n) is 2.22. The number of nitrogens with zero attached hydrogens (tertiary/aromatic N) is 1. The van der Waals surface area contributed by atoms with Gasteiger partial charge in [-0.1, -0.05) is 44.2 Å². The van der Waals surface area contributed by atoms with Crippen molar-refractivity contribution >= 4 is 0 Å². The minimum absolute atomic E-state index is 0.0409. The van der Waals surface area contributed by atoms with Crippen LogP contribution in [0.15, 0.2) is 54.9 Å². The molecule has 0 aliphatic rings. The summed E-state index contributed by atoms with van der Waals surface area (Å²) in [6.07, 6.45) is 2.91. The van der Waals surface area contributed by atoms with Crippen LogP contribution in [-0.4, -0.2) is 23.2 Å². The Morgan fingerprint density at radius 2 is 1.75 bits per heavy atom. The molecule has 106 valence electrons. The molecular formula is C17H22N2O. The van der Waals surface area contributed by atoms with E-state index in [9.17, 15) is 5.11 Å². The molecule has 3 nitrogen and oxygen atoms in total. The van der Waals surface area contributed by atoms with Crippen molar-refractivity contribution in [1.82, 2.24) is 10.3 Å². The summed E-state index contributed by atoms with van der Waals surface area (Å²) in [5.74, 6) is 0. The average Bonchev–Trinajstić information content (AvgIpc) is 2.49. The molecule has 0 bridgehead atoms. The number of rotatable bonds is 6. The first-order valence-corrected chi connectivity index (χ1v) is 6.94. The molecule has 2 rings (SSSR count). The summed E-state index contributed by atoms with van der Waals surface area (Å²) in [5, 5.41) is 13.4. The van der Waals surface area contributed by atoms with Crippen molar-refractivity contribution in [3.8, 4) is 0 Å². The predicted molar refractivity (Wildman–Crippen MR) is 81.5 cm³/mol. The molecule has 0 radical (unpaired) electrons. The monoisotopic (exact) mass is 270 g/mol. The van der Waals surface area contributed by atoms with E-state index in [1.54, 1.807) is 12.4 Å². The molecule has 0 unspecified atom stereocenters. The van der Waals surface area contributed by atoms with E-state index in [2.05, 4.69) is 48.4 Å². The van der Waals surface area contributed by atoms with Gasteiger partial charge in [-0.05, 0) is 23.3 Å². The van der Waals surface area contributed by atoms with Gasteiger partial charge in [0.05, 0.1) is 6.10 Å². The summed E-state index contributed by atoms with van der Waals surface area (Å²) in [6.45, 7) is 5.77. The maximum atomic E-state index is 10.1. The van der Waals surface area contributed by atoms with Crippen LogP contribution in [0.2, 0.25) is 0 Å². The molecule has 0 fully saturated rings. The van der Waals surface area contributed by atoms with Crippen LogP contribution in [0.4, 0.5) is 0 Å². The van der Waals surface area contributed by atoms with Gasteiger partial charge in [0.15, 0.2) is 0 Å². The molecule has 0 aliphatic heterocycles. The highest BCUT2D eigenvalue weighted by Crippen LogP contribution is 2.22. The standard InChI is InChI=1S/C17H22N2O/c1-17(2,15-6-4-3-5-7-15)13-19-12-16(20)14-8-10-18-11-9-14/h3-11,16,19-20H,12-13H2,1-2H3/t16-/m0/s1. The maximum absolute atomic E-state index is 10.1. The van der Waals surface area contributed by atoms with Crippen molar-refractivity contribution in [1.29, 1.82) is 0 Å². The zero-order valence-electron chi connectivity index (χ0n) is 12.1. The molecule has 0 spiro atoms. The van der Waals surface area contributed by atoms with Gasteiger partial charge in [0, 0.05) is 30.9 Å². The van der Waals surface area contributed by atoms with Crippen molar-refractivity contribution < 1.29 is 5.11 Å². The van der Waals surface area contributed by atoms with Gasteiger partial charge in [-0.15, -0.1) is 0 Å². The number of aliphatic hydroxyl groups is 1. The van der Waals surface area contributed by atoms with Crippen LogP contribution >= 0.6 is 0 Å². The van der Waals surface area contributed by atoms with Crippen molar-refractivity contribution in [2.24, 2.45) is 0 Å². The SMILES string of the molecule is CC(C)(CNC[C@H](O)c1ccncc1)c1ccccc1. The van der Waals surface area contributed by atoms with Crippen molar-refractivity contribution in [3.63, 3.8) is 0 Å². The number of hydrogen-bond acceptors (Lipinski definition) is 3. The van der Waals surface area contributed by atoms with Gasteiger partial charge >= 0.3 is 0 Å².